The van der Waals surface area contributed by atoms with Crippen molar-refractivity contribution in [3.63, 3.8) is 0 Å². The highest BCUT2D eigenvalue weighted by Gasteiger charge is 2.32. The Morgan fingerprint density at radius 1 is 1.47 bits per heavy atom. The van der Waals surface area contributed by atoms with Crippen LogP contribution in [0.3, 0.4) is 0 Å². The predicted molar refractivity (Wildman–Crippen MR) is 53.7 cm³/mol. The van der Waals surface area contributed by atoms with Gasteiger partial charge in [0.2, 0.25) is 0 Å². The van der Waals surface area contributed by atoms with Crippen LogP contribution in [0, 0.1) is 0 Å². The molecular weight excluding hydrogens is 216 g/mol. The Morgan fingerprint density at radius 3 is 2.60 bits per heavy atom. The summed E-state index contributed by atoms with van der Waals surface area (Å²) in [5.74, 6) is 1.14. The van der Waals surface area contributed by atoms with Crippen molar-refractivity contribution in [2.24, 2.45) is 5.14 Å². The second kappa shape index (κ2) is 3.57. The van der Waals surface area contributed by atoms with Gasteiger partial charge in [0.1, 0.15) is 5.82 Å². The van der Waals surface area contributed by atoms with Crippen molar-refractivity contribution < 1.29 is 8.42 Å². The van der Waals surface area contributed by atoms with E-state index in [-0.39, 0.29) is 5.16 Å². The highest BCUT2D eigenvalue weighted by molar-refractivity contribution is 7.89. The third-order valence-corrected chi connectivity index (χ3v) is 3.20. The smallest absolute Gasteiger partial charge is 0.273 e. The summed E-state index contributed by atoms with van der Waals surface area (Å²) in [6, 6.07) is 0. The van der Waals surface area contributed by atoms with E-state index in [0.717, 1.165) is 25.1 Å². The van der Waals surface area contributed by atoms with Crippen LogP contribution in [-0.2, 0) is 16.6 Å². The minimum atomic E-state index is -3.75. The molecule has 15 heavy (non-hydrogen) atoms. The lowest BCUT2D eigenvalue weighted by Gasteiger charge is -2.06. The number of nitrogens with zero attached hydrogens (tertiary/aromatic N) is 3. The molecule has 1 aromatic rings. The molecule has 1 heterocycles. The molecule has 1 fully saturated rings. The van der Waals surface area contributed by atoms with Gasteiger partial charge in [0, 0.05) is 12.5 Å². The van der Waals surface area contributed by atoms with Crippen molar-refractivity contribution in [1.82, 2.24) is 14.8 Å². The van der Waals surface area contributed by atoms with Crippen LogP contribution in [0.15, 0.2) is 5.16 Å². The van der Waals surface area contributed by atoms with Gasteiger partial charge in [-0.05, 0) is 19.3 Å². The fourth-order valence-electron chi connectivity index (χ4n) is 1.59. The SMILES string of the molecule is CCCn1c(C2CC2)nnc1S(N)(=O)=O. The minimum absolute atomic E-state index is 0.105. The molecule has 0 bridgehead atoms. The highest BCUT2D eigenvalue weighted by Crippen LogP contribution is 2.39. The van der Waals surface area contributed by atoms with Crippen LogP contribution in [0.25, 0.3) is 0 Å². The normalized spacial score (nSPS) is 16.9. The monoisotopic (exact) mass is 230 g/mol. The van der Waals surface area contributed by atoms with Gasteiger partial charge >= 0.3 is 0 Å². The number of hydrogen-bond donors (Lipinski definition) is 1. The molecule has 84 valence electrons. The van der Waals surface area contributed by atoms with Crippen molar-refractivity contribution in [3.05, 3.63) is 5.82 Å². The molecule has 6 nitrogen and oxygen atoms in total. The van der Waals surface area contributed by atoms with E-state index >= 15 is 0 Å². The van der Waals surface area contributed by atoms with Gasteiger partial charge in [-0.25, -0.2) is 13.6 Å². The topological polar surface area (TPSA) is 90.9 Å². The van der Waals surface area contributed by atoms with Gasteiger partial charge in [-0.1, -0.05) is 6.92 Å². The highest BCUT2D eigenvalue weighted by atomic mass is 32.2. The van der Waals surface area contributed by atoms with E-state index in [0.29, 0.717) is 12.5 Å². The van der Waals surface area contributed by atoms with Gasteiger partial charge in [0.15, 0.2) is 0 Å². The lowest BCUT2D eigenvalue weighted by Crippen LogP contribution is -2.19. The number of rotatable bonds is 4. The van der Waals surface area contributed by atoms with Gasteiger partial charge < -0.3 is 4.57 Å². The molecule has 2 rings (SSSR count). The van der Waals surface area contributed by atoms with Gasteiger partial charge in [0.25, 0.3) is 15.2 Å². The fraction of sp³-hybridized carbons (Fsp3) is 0.750. The van der Waals surface area contributed by atoms with E-state index in [9.17, 15) is 8.42 Å². The Kier molecular flexibility index (Phi) is 2.51. The van der Waals surface area contributed by atoms with E-state index in [1.54, 1.807) is 4.57 Å². The zero-order valence-corrected chi connectivity index (χ0v) is 9.37. The molecular formula is C8H14N4O2S. The molecule has 1 aromatic heterocycles. The Hall–Kier alpha value is -0.950. The van der Waals surface area contributed by atoms with Crippen molar-refractivity contribution in [1.29, 1.82) is 0 Å². The van der Waals surface area contributed by atoms with Crippen LogP contribution in [0.4, 0.5) is 0 Å². The van der Waals surface area contributed by atoms with E-state index < -0.39 is 10.0 Å². The zero-order valence-electron chi connectivity index (χ0n) is 8.55. The Labute approximate surface area is 88.5 Å². The third-order valence-electron chi connectivity index (χ3n) is 2.39. The van der Waals surface area contributed by atoms with E-state index in [1.165, 1.54) is 0 Å². The summed E-state index contributed by atoms with van der Waals surface area (Å²) in [6.45, 7) is 2.58. The Morgan fingerprint density at radius 2 is 2.13 bits per heavy atom. The summed E-state index contributed by atoms with van der Waals surface area (Å²) < 4.78 is 24.1. The summed E-state index contributed by atoms with van der Waals surface area (Å²) in [4.78, 5) is 0. The summed E-state index contributed by atoms with van der Waals surface area (Å²) in [6.07, 6.45) is 2.96. The summed E-state index contributed by atoms with van der Waals surface area (Å²) >= 11 is 0. The molecule has 0 radical (unpaired) electrons. The van der Waals surface area contributed by atoms with Gasteiger partial charge in [-0.3, -0.25) is 0 Å². The van der Waals surface area contributed by atoms with Crippen molar-refractivity contribution >= 4 is 10.0 Å². The lowest BCUT2D eigenvalue weighted by molar-refractivity contribution is 0.548. The Bertz CT molecular complexity index is 461. The average molecular weight is 230 g/mol. The van der Waals surface area contributed by atoms with Crippen LogP contribution in [0.1, 0.15) is 37.9 Å². The fourth-order valence-corrected chi connectivity index (χ4v) is 2.23. The number of sulfonamides is 1. The molecule has 1 aliphatic carbocycles. The van der Waals surface area contributed by atoms with Crippen LogP contribution < -0.4 is 5.14 Å². The molecule has 0 amide bonds. The Balaban J connectivity index is 2.46. The van der Waals surface area contributed by atoms with Gasteiger partial charge in [-0.15, -0.1) is 10.2 Å². The van der Waals surface area contributed by atoms with Gasteiger partial charge in [-0.2, -0.15) is 0 Å². The summed E-state index contributed by atoms with van der Waals surface area (Å²) in [5.41, 5.74) is 0. The van der Waals surface area contributed by atoms with E-state index in [1.807, 2.05) is 6.92 Å². The summed E-state index contributed by atoms with van der Waals surface area (Å²) in [7, 11) is -3.75. The van der Waals surface area contributed by atoms with Crippen LogP contribution in [0.5, 0.6) is 0 Å². The second-order valence-corrected chi connectivity index (χ2v) is 5.27. The first-order chi connectivity index (χ1) is 7.04. The molecule has 0 saturated heterocycles. The van der Waals surface area contributed by atoms with Crippen molar-refractivity contribution in [2.45, 2.75) is 43.8 Å². The first-order valence-corrected chi connectivity index (χ1v) is 6.54. The zero-order chi connectivity index (χ0) is 11.1. The second-order valence-electron chi connectivity index (χ2n) is 3.81. The summed E-state index contributed by atoms with van der Waals surface area (Å²) in [5, 5.41) is 12.5. The molecule has 0 spiro atoms. The number of hydrogen-bond acceptors (Lipinski definition) is 4. The number of primary sulfonamides is 1. The van der Waals surface area contributed by atoms with Crippen LogP contribution in [0.2, 0.25) is 0 Å². The average Bonchev–Trinajstić information content (AvgIpc) is 2.87. The van der Waals surface area contributed by atoms with Crippen molar-refractivity contribution in [3.8, 4) is 0 Å². The third kappa shape index (κ3) is 2.03. The molecule has 7 heteroatoms. The van der Waals surface area contributed by atoms with Crippen molar-refractivity contribution in [2.75, 3.05) is 0 Å². The number of aromatic nitrogens is 3. The molecule has 0 unspecified atom stereocenters. The molecule has 0 atom stereocenters. The van der Waals surface area contributed by atoms with Crippen LogP contribution >= 0.6 is 0 Å². The van der Waals surface area contributed by atoms with Crippen LogP contribution in [-0.4, -0.2) is 23.2 Å². The van der Waals surface area contributed by atoms with E-state index in [2.05, 4.69) is 10.2 Å². The largest absolute Gasteiger partial charge is 0.301 e. The molecule has 1 aliphatic rings. The maximum atomic E-state index is 11.2. The number of nitrogens with two attached hydrogens (primary N) is 1. The maximum Gasteiger partial charge on any atom is 0.273 e. The molecule has 1 saturated carbocycles. The van der Waals surface area contributed by atoms with Gasteiger partial charge in [0.05, 0.1) is 0 Å². The molecule has 0 aliphatic heterocycles. The molecule has 0 aromatic carbocycles. The molecule has 2 N–H and O–H groups in total. The standard InChI is InChI=1S/C8H14N4O2S/c1-2-5-12-7(6-3-4-6)10-11-8(12)15(9,13)14/h6H,2-5H2,1H3,(H2,9,13,14). The first-order valence-electron chi connectivity index (χ1n) is 5.00. The first kappa shape index (κ1) is 10.6. The van der Waals surface area contributed by atoms with E-state index in [4.69, 9.17) is 5.14 Å². The quantitative estimate of drug-likeness (QED) is 0.800. The lowest BCUT2D eigenvalue weighted by atomic mass is 10.4. The minimum Gasteiger partial charge on any atom is -0.301 e. The predicted octanol–water partition coefficient (Wildman–Crippen LogP) is 0.213. The maximum absolute atomic E-state index is 11.2.